The van der Waals surface area contributed by atoms with E-state index in [-0.39, 0.29) is 17.3 Å². The molecule has 6 heteroatoms. The highest BCUT2D eigenvalue weighted by Gasteiger charge is 2.21. The Bertz CT molecular complexity index is 1030. The van der Waals surface area contributed by atoms with E-state index in [1.54, 1.807) is 0 Å². The van der Waals surface area contributed by atoms with Crippen molar-refractivity contribution in [1.82, 2.24) is 14.5 Å². The predicted molar refractivity (Wildman–Crippen MR) is 119 cm³/mol. The SMILES string of the molecule is CCCCCCn1c(SCC(=O)c2[nH]c(C)c(C(C)=O)c2C)nc2ccccc21. The Labute approximate surface area is 176 Å². The first kappa shape index (κ1) is 21.4. The minimum absolute atomic E-state index is 0.00677. The molecular weight excluding hydrogens is 382 g/mol. The van der Waals surface area contributed by atoms with Crippen LogP contribution < -0.4 is 0 Å². The number of benzene rings is 1. The Morgan fingerprint density at radius 1 is 1.14 bits per heavy atom. The van der Waals surface area contributed by atoms with Gasteiger partial charge in [-0.3, -0.25) is 9.59 Å². The summed E-state index contributed by atoms with van der Waals surface area (Å²) in [6.45, 7) is 8.32. The maximum atomic E-state index is 12.9. The fourth-order valence-electron chi connectivity index (χ4n) is 3.84. The van der Waals surface area contributed by atoms with Crippen molar-refractivity contribution < 1.29 is 9.59 Å². The molecule has 0 fully saturated rings. The predicted octanol–water partition coefficient (Wildman–Crippen LogP) is 5.74. The van der Waals surface area contributed by atoms with Gasteiger partial charge in [0.1, 0.15) is 0 Å². The molecule has 0 aliphatic carbocycles. The van der Waals surface area contributed by atoms with E-state index in [2.05, 4.69) is 22.5 Å². The summed E-state index contributed by atoms with van der Waals surface area (Å²) in [6, 6.07) is 8.12. The first-order valence-corrected chi connectivity index (χ1v) is 11.2. The van der Waals surface area contributed by atoms with Crippen LogP contribution in [0.15, 0.2) is 29.4 Å². The molecule has 1 N–H and O–H groups in total. The van der Waals surface area contributed by atoms with Crippen molar-refractivity contribution in [3.05, 3.63) is 46.8 Å². The number of unbranched alkanes of at least 4 members (excludes halogenated alkanes) is 3. The molecule has 0 aliphatic heterocycles. The highest BCUT2D eigenvalue weighted by Crippen LogP contribution is 2.27. The molecule has 1 aromatic carbocycles. The van der Waals surface area contributed by atoms with Crippen LogP contribution in [0.5, 0.6) is 0 Å². The number of Topliss-reactive ketones (excluding diaryl/α,β-unsaturated/α-hetero) is 2. The molecule has 2 aromatic heterocycles. The molecule has 0 unspecified atom stereocenters. The molecule has 29 heavy (non-hydrogen) atoms. The minimum atomic E-state index is -0.0168. The second-order valence-electron chi connectivity index (χ2n) is 7.49. The topological polar surface area (TPSA) is 67.8 Å². The van der Waals surface area contributed by atoms with Gasteiger partial charge in [0, 0.05) is 17.8 Å². The molecule has 0 bridgehead atoms. The van der Waals surface area contributed by atoms with Crippen molar-refractivity contribution in [3.63, 3.8) is 0 Å². The van der Waals surface area contributed by atoms with Crippen LogP contribution in [0.2, 0.25) is 0 Å². The number of hydrogen-bond acceptors (Lipinski definition) is 4. The first-order chi connectivity index (χ1) is 13.9. The van der Waals surface area contributed by atoms with Crippen LogP contribution in [-0.2, 0) is 6.54 Å². The molecular formula is C23H29N3O2S. The number of fused-ring (bicyclic) bond motifs is 1. The van der Waals surface area contributed by atoms with E-state index in [1.807, 2.05) is 32.0 Å². The fraction of sp³-hybridized carbons (Fsp3) is 0.435. The normalized spacial score (nSPS) is 11.3. The second kappa shape index (κ2) is 9.44. The van der Waals surface area contributed by atoms with Crippen molar-refractivity contribution in [2.24, 2.45) is 0 Å². The van der Waals surface area contributed by atoms with E-state index in [0.717, 1.165) is 40.4 Å². The number of imidazole rings is 1. The Morgan fingerprint density at radius 2 is 1.90 bits per heavy atom. The third-order valence-electron chi connectivity index (χ3n) is 5.26. The third-order valence-corrected chi connectivity index (χ3v) is 6.23. The zero-order valence-electron chi connectivity index (χ0n) is 17.7. The second-order valence-corrected chi connectivity index (χ2v) is 8.43. The molecule has 0 aliphatic rings. The highest BCUT2D eigenvalue weighted by atomic mass is 32.2. The summed E-state index contributed by atoms with van der Waals surface area (Å²) in [5.41, 5.74) is 4.74. The van der Waals surface area contributed by atoms with Crippen LogP contribution in [0.25, 0.3) is 11.0 Å². The van der Waals surface area contributed by atoms with E-state index < -0.39 is 0 Å². The molecule has 0 amide bonds. The van der Waals surface area contributed by atoms with Gasteiger partial charge < -0.3 is 9.55 Å². The van der Waals surface area contributed by atoms with E-state index in [4.69, 9.17) is 4.98 Å². The Morgan fingerprint density at radius 3 is 2.59 bits per heavy atom. The van der Waals surface area contributed by atoms with Gasteiger partial charge in [0.15, 0.2) is 16.7 Å². The smallest absolute Gasteiger partial charge is 0.189 e. The van der Waals surface area contributed by atoms with Gasteiger partial charge in [-0.05, 0) is 44.9 Å². The van der Waals surface area contributed by atoms with Crippen molar-refractivity contribution in [2.75, 3.05) is 5.75 Å². The molecule has 5 nitrogen and oxygen atoms in total. The van der Waals surface area contributed by atoms with Crippen LogP contribution in [-0.4, -0.2) is 31.9 Å². The Balaban J connectivity index is 1.79. The number of aromatic amines is 1. The minimum Gasteiger partial charge on any atom is -0.355 e. The van der Waals surface area contributed by atoms with Crippen LogP contribution in [0.4, 0.5) is 0 Å². The quantitative estimate of drug-likeness (QED) is 0.262. The first-order valence-electron chi connectivity index (χ1n) is 10.2. The number of H-pyrrole nitrogens is 1. The number of hydrogen-bond donors (Lipinski definition) is 1. The maximum Gasteiger partial charge on any atom is 0.189 e. The fourth-order valence-corrected chi connectivity index (χ4v) is 4.75. The molecule has 2 heterocycles. The van der Waals surface area contributed by atoms with E-state index in [1.165, 1.54) is 37.9 Å². The zero-order valence-corrected chi connectivity index (χ0v) is 18.5. The number of ketones is 2. The number of para-hydroxylation sites is 2. The van der Waals surface area contributed by atoms with Crippen molar-refractivity contribution in [2.45, 2.75) is 65.1 Å². The number of aryl methyl sites for hydroxylation is 2. The van der Waals surface area contributed by atoms with Crippen LogP contribution in [0, 0.1) is 13.8 Å². The lowest BCUT2D eigenvalue weighted by Gasteiger charge is -2.08. The lowest BCUT2D eigenvalue weighted by Crippen LogP contribution is -2.07. The van der Waals surface area contributed by atoms with Gasteiger partial charge in [-0.1, -0.05) is 50.1 Å². The number of carbonyl (C=O) groups is 2. The Kier molecular flexibility index (Phi) is 6.96. The summed E-state index contributed by atoms with van der Waals surface area (Å²) in [6.07, 6.45) is 4.74. The molecule has 0 radical (unpaired) electrons. The summed E-state index contributed by atoms with van der Waals surface area (Å²) in [5.74, 6) is 0.265. The highest BCUT2D eigenvalue weighted by molar-refractivity contribution is 7.99. The number of thioether (sulfide) groups is 1. The number of rotatable bonds is 10. The summed E-state index contributed by atoms with van der Waals surface area (Å²) >= 11 is 1.47. The monoisotopic (exact) mass is 411 g/mol. The average molecular weight is 412 g/mol. The van der Waals surface area contributed by atoms with Gasteiger partial charge in [0.2, 0.25) is 0 Å². The third kappa shape index (κ3) is 4.64. The molecule has 0 saturated heterocycles. The lowest BCUT2D eigenvalue weighted by molar-refractivity contribution is 0.101. The summed E-state index contributed by atoms with van der Waals surface area (Å²) in [5, 5.41) is 0.878. The summed E-state index contributed by atoms with van der Waals surface area (Å²) in [7, 11) is 0. The van der Waals surface area contributed by atoms with Gasteiger partial charge >= 0.3 is 0 Å². The van der Waals surface area contributed by atoms with Gasteiger partial charge in [-0.15, -0.1) is 0 Å². The van der Waals surface area contributed by atoms with Gasteiger partial charge in [-0.25, -0.2) is 4.98 Å². The number of aromatic nitrogens is 3. The Hall–Kier alpha value is -2.34. The largest absolute Gasteiger partial charge is 0.355 e. The number of nitrogens with one attached hydrogen (secondary N) is 1. The van der Waals surface area contributed by atoms with E-state index in [0.29, 0.717) is 11.3 Å². The van der Waals surface area contributed by atoms with Gasteiger partial charge in [0.25, 0.3) is 0 Å². The standard InChI is InChI=1S/C23H29N3O2S/c1-5-6-7-10-13-26-19-12-9-8-11-18(19)25-23(26)29-14-20(28)22-15(2)21(17(4)27)16(3)24-22/h8-9,11-12,24H,5-7,10,13-14H2,1-4H3. The van der Waals surface area contributed by atoms with Crippen molar-refractivity contribution in [1.29, 1.82) is 0 Å². The molecule has 0 spiro atoms. The molecule has 0 atom stereocenters. The average Bonchev–Trinajstić information content (AvgIpc) is 3.20. The van der Waals surface area contributed by atoms with E-state index >= 15 is 0 Å². The van der Waals surface area contributed by atoms with Crippen molar-refractivity contribution >= 4 is 34.4 Å². The summed E-state index contributed by atoms with van der Waals surface area (Å²) < 4.78 is 2.23. The lowest BCUT2D eigenvalue weighted by atomic mass is 10.1. The zero-order chi connectivity index (χ0) is 21.0. The molecule has 3 rings (SSSR count). The van der Waals surface area contributed by atoms with Crippen LogP contribution >= 0.6 is 11.8 Å². The van der Waals surface area contributed by atoms with Gasteiger partial charge in [-0.2, -0.15) is 0 Å². The van der Waals surface area contributed by atoms with Crippen molar-refractivity contribution in [3.8, 4) is 0 Å². The molecule has 3 aromatic rings. The van der Waals surface area contributed by atoms with Crippen LogP contribution in [0.3, 0.4) is 0 Å². The molecule has 154 valence electrons. The summed E-state index contributed by atoms with van der Waals surface area (Å²) in [4.78, 5) is 32.6. The van der Waals surface area contributed by atoms with Crippen LogP contribution in [0.1, 0.15) is 71.6 Å². The maximum absolute atomic E-state index is 12.9. The number of carbonyl (C=O) groups excluding carboxylic acids is 2. The van der Waals surface area contributed by atoms with E-state index in [9.17, 15) is 9.59 Å². The molecule has 0 saturated carbocycles. The van der Waals surface area contributed by atoms with Gasteiger partial charge in [0.05, 0.1) is 22.5 Å². The number of nitrogens with zero attached hydrogens (tertiary/aromatic N) is 2.